The van der Waals surface area contributed by atoms with Gasteiger partial charge in [0.25, 0.3) is 0 Å². The summed E-state index contributed by atoms with van der Waals surface area (Å²) >= 11 is 0. The zero-order valence-electron chi connectivity index (χ0n) is 10.2. The Bertz CT molecular complexity index is 296. The van der Waals surface area contributed by atoms with Crippen LogP contribution in [0.2, 0.25) is 0 Å². The van der Waals surface area contributed by atoms with E-state index in [0.29, 0.717) is 13.1 Å². The summed E-state index contributed by atoms with van der Waals surface area (Å²) in [6, 6.07) is -0.552. The molecule has 1 aliphatic heterocycles. The molecule has 1 atom stereocenters. The number of carboxylic acid groups (broad SMARTS) is 1. The van der Waals surface area contributed by atoms with Gasteiger partial charge >= 0.3 is 5.97 Å². The number of carbonyl (C=O) groups is 2. The van der Waals surface area contributed by atoms with Gasteiger partial charge in [0.1, 0.15) is 12.7 Å². The molecule has 1 heterocycles. The van der Waals surface area contributed by atoms with E-state index in [-0.39, 0.29) is 24.9 Å². The normalized spacial score (nSPS) is 22.2. The third-order valence-corrected chi connectivity index (χ3v) is 3.01. The van der Waals surface area contributed by atoms with Gasteiger partial charge in [-0.15, -0.1) is 0 Å². The first-order valence-electron chi connectivity index (χ1n) is 5.79. The molecule has 0 aromatic heterocycles. The first-order chi connectivity index (χ1) is 7.97. The minimum Gasteiger partial charge on any atom is -0.481 e. The first-order valence-corrected chi connectivity index (χ1v) is 5.79. The predicted molar refractivity (Wildman–Crippen MR) is 60.4 cm³/mol. The molecule has 1 aliphatic rings. The summed E-state index contributed by atoms with van der Waals surface area (Å²) in [6.07, 6.45) is -0.222. The summed E-state index contributed by atoms with van der Waals surface area (Å²) < 4.78 is 12.3. The van der Waals surface area contributed by atoms with Crippen molar-refractivity contribution in [3.8, 4) is 0 Å². The molecular weight excluding hydrogens is 227 g/mol. The highest BCUT2D eigenvalue weighted by atomic mass is 19.1. The van der Waals surface area contributed by atoms with Crippen LogP contribution in [-0.4, -0.2) is 65.2 Å². The number of hydrogen-bond acceptors (Lipinski definition) is 3. The average Bonchev–Trinajstić information content (AvgIpc) is 2.23. The Morgan fingerprint density at radius 3 is 2.65 bits per heavy atom. The Labute approximate surface area is 100 Å². The van der Waals surface area contributed by atoms with Gasteiger partial charge in [-0.1, -0.05) is 0 Å². The quantitative estimate of drug-likeness (QED) is 0.760. The van der Waals surface area contributed by atoms with Crippen LogP contribution in [0, 0.1) is 0 Å². The summed E-state index contributed by atoms with van der Waals surface area (Å²) in [5.74, 6) is -1.28. The summed E-state index contributed by atoms with van der Waals surface area (Å²) in [4.78, 5) is 26.1. The fourth-order valence-corrected chi connectivity index (χ4v) is 2.17. The number of carbonyl (C=O) groups excluding carboxylic acids is 1. The second kappa shape index (κ2) is 5.95. The Morgan fingerprint density at radius 1 is 1.53 bits per heavy atom. The van der Waals surface area contributed by atoms with Crippen LogP contribution in [0.5, 0.6) is 0 Å². The molecular formula is C11H19FN2O3. The first kappa shape index (κ1) is 13.9. The van der Waals surface area contributed by atoms with Gasteiger partial charge in [0, 0.05) is 25.7 Å². The number of amides is 1. The molecule has 1 N–H and O–H groups in total. The molecule has 1 unspecified atom stereocenters. The smallest absolute Gasteiger partial charge is 0.305 e. The van der Waals surface area contributed by atoms with Crippen molar-refractivity contribution in [2.75, 3.05) is 26.3 Å². The Hall–Kier alpha value is -1.17. The van der Waals surface area contributed by atoms with Crippen molar-refractivity contribution in [3.05, 3.63) is 0 Å². The van der Waals surface area contributed by atoms with Crippen molar-refractivity contribution in [1.82, 2.24) is 9.80 Å². The van der Waals surface area contributed by atoms with Crippen molar-refractivity contribution in [2.24, 2.45) is 0 Å². The molecule has 0 radical (unpaired) electrons. The topological polar surface area (TPSA) is 60.9 Å². The molecule has 17 heavy (non-hydrogen) atoms. The van der Waals surface area contributed by atoms with Crippen LogP contribution in [0.4, 0.5) is 4.39 Å². The van der Waals surface area contributed by atoms with Crippen LogP contribution >= 0.6 is 0 Å². The second-order valence-electron chi connectivity index (χ2n) is 4.46. The van der Waals surface area contributed by atoms with Crippen molar-refractivity contribution >= 4 is 11.9 Å². The van der Waals surface area contributed by atoms with Gasteiger partial charge in [0.2, 0.25) is 5.91 Å². The van der Waals surface area contributed by atoms with E-state index in [9.17, 15) is 14.0 Å². The minimum atomic E-state index is -1.00. The van der Waals surface area contributed by atoms with Crippen LogP contribution in [0.3, 0.4) is 0 Å². The molecule has 1 fully saturated rings. The van der Waals surface area contributed by atoms with Gasteiger partial charge in [0.05, 0.1) is 6.42 Å². The molecule has 5 nitrogen and oxygen atoms in total. The molecule has 6 heteroatoms. The Morgan fingerprint density at radius 2 is 2.18 bits per heavy atom. The molecule has 1 amide bonds. The van der Waals surface area contributed by atoms with Crippen molar-refractivity contribution < 1.29 is 19.1 Å². The second-order valence-corrected chi connectivity index (χ2v) is 4.46. The molecule has 0 bridgehead atoms. The molecule has 0 spiro atoms. The van der Waals surface area contributed by atoms with Crippen molar-refractivity contribution in [3.63, 3.8) is 0 Å². The highest BCUT2D eigenvalue weighted by Crippen LogP contribution is 2.17. The number of alkyl halides is 1. The number of nitrogens with zero attached hydrogens (tertiary/aromatic N) is 2. The lowest BCUT2D eigenvalue weighted by Gasteiger charge is -2.41. The Kier molecular flexibility index (Phi) is 4.86. The van der Waals surface area contributed by atoms with Gasteiger partial charge in [0.15, 0.2) is 0 Å². The fraction of sp³-hybridized carbons (Fsp3) is 0.818. The number of halogens is 1. The summed E-state index contributed by atoms with van der Waals surface area (Å²) in [5, 5.41) is 8.83. The number of carboxylic acids is 1. The van der Waals surface area contributed by atoms with E-state index >= 15 is 0 Å². The monoisotopic (exact) mass is 246 g/mol. The average molecular weight is 246 g/mol. The van der Waals surface area contributed by atoms with Gasteiger partial charge in [-0.05, 0) is 13.8 Å². The maximum Gasteiger partial charge on any atom is 0.305 e. The molecule has 0 saturated carbocycles. The lowest BCUT2D eigenvalue weighted by molar-refractivity contribution is -0.150. The largest absolute Gasteiger partial charge is 0.481 e. The van der Waals surface area contributed by atoms with Crippen molar-refractivity contribution in [1.29, 1.82) is 0 Å². The van der Waals surface area contributed by atoms with Crippen LogP contribution in [0.25, 0.3) is 0 Å². The minimum absolute atomic E-state index is 0.0564. The highest BCUT2D eigenvalue weighted by molar-refractivity contribution is 5.86. The number of hydrogen-bond donors (Lipinski definition) is 1. The molecule has 98 valence electrons. The zero-order chi connectivity index (χ0) is 13.0. The molecule has 0 aromatic rings. The van der Waals surface area contributed by atoms with Crippen LogP contribution in [-0.2, 0) is 9.59 Å². The summed E-state index contributed by atoms with van der Waals surface area (Å²) in [6.45, 7) is 4.38. The molecule has 1 saturated heterocycles. The van der Waals surface area contributed by atoms with E-state index in [4.69, 9.17) is 5.11 Å². The van der Waals surface area contributed by atoms with Gasteiger partial charge in [-0.3, -0.25) is 14.5 Å². The third kappa shape index (κ3) is 3.39. The van der Waals surface area contributed by atoms with Crippen LogP contribution < -0.4 is 0 Å². The fourth-order valence-electron chi connectivity index (χ4n) is 2.17. The number of piperazine rings is 1. The lowest BCUT2D eigenvalue weighted by atomic mass is 10.1. The maximum absolute atomic E-state index is 12.3. The Balaban J connectivity index is 2.79. The maximum atomic E-state index is 12.3. The molecule has 0 aliphatic carbocycles. The summed E-state index contributed by atoms with van der Waals surface area (Å²) in [5.41, 5.74) is 0. The van der Waals surface area contributed by atoms with E-state index in [2.05, 4.69) is 0 Å². The highest BCUT2D eigenvalue weighted by Gasteiger charge is 2.36. The van der Waals surface area contributed by atoms with Crippen LogP contribution in [0.1, 0.15) is 20.3 Å². The predicted octanol–water partition coefficient (Wildman–Crippen LogP) is 0.352. The van der Waals surface area contributed by atoms with Crippen LogP contribution in [0.15, 0.2) is 0 Å². The zero-order valence-corrected chi connectivity index (χ0v) is 10.2. The van der Waals surface area contributed by atoms with E-state index in [0.717, 1.165) is 0 Å². The third-order valence-electron chi connectivity index (χ3n) is 3.01. The van der Waals surface area contributed by atoms with E-state index in [1.807, 2.05) is 18.7 Å². The van der Waals surface area contributed by atoms with Crippen molar-refractivity contribution in [2.45, 2.75) is 32.4 Å². The summed E-state index contributed by atoms with van der Waals surface area (Å²) in [7, 11) is 0. The molecule has 1 rings (SSSR count). The van der Waals surface area contributed by atoms with Gasteiger partial charge in [-0.2, -0.15) is 0 Å². The van der Waals surface area contributed by atoms with E-state index in [1.165, 1.54) is 4.90 Å². The number of aliphatic carboxylic acids is 1. The standard InChI is InChI=1S/C11H19FN2O3/c1-8(2)14-6-5-13(4-3-12)11(17)9(14)7-10(15)16/h8-9H,3-7H2,1-2H3,(H,15,16). The lowest BCUT2D eigenvalue weighted by Crippen LogP contribution is -2.59. The van der Waals surface area contributed by atoms with E-state index in [1.54, 1.807) is 0 Å². The SMILES string of the molecule is CC(C)N1CCN(CCF)C(=O)C1CC(=O)O. The molecule has 0 aromatic carbocycles. The van der Waals surface area contributed by atoms with Gasteiger partial charge in [-0.25, -0.2) is 4.39 Å². The van der Waals surface area contributed by atoms with E-state index < -0.39 is 18.7 Å². The number of rotatable bonds is 5. The van der Waals surface area contributed by atoms with Gasteiger partial charge < -0.3 is 10.0 Å².